The highest BCUT2D eigenvalue weighted by Gasteiger charge is 2.32. The Kier molecular flexibility index (Phi) is 5.94. The van der Waals surface area contributed by atoms with Crippen molar-refractivity contribution in [2.75, 3.05) is 18.4 Å². The highest BCUT2D eigenvalue weighted by molar-refractivity contribution is 7.89. The van der Waals surface area contributed by atoms with Crippen LogP contribution in [0.15, 0.2) is 47.4 Å². The highest BCUT2D eigenvalue weighted by Crippen LogP contribution is 2.26. The number of nitro groups is 1. The van der Waals surface area contributed by atoms with Gasteiger partial charge in [0.15, 0.2) is 0 Å². The largest absolute Gasteiger partial charge is 0.326 e. The smallest absolute Gasteiger partial charge is 0.306 e. The fourth-order valence-corrected chi connectivity index (χ4v) is 4.66. The van der Waals surface area contributed by atoms with Crippen LogP contribution in [-0.4, -0.2) is 36.6 Å². The first kappa shape index (κ1) is 20.9. The number of nitrogens with zero attached hydrogens (tertiary/aromatic N) is 2. The molecular formula is C19H20FN3O5S. The Balaban J connectivity index is 1.63. The molecule has 0 aliphatic carbocycles. The highest BCUT2D eigenvalue weighted by atomic mass is 32.2. The van der Waals surface area contributed by atoms with Crippen LogP contribution in [0.5, 0.6) is 0 Å². The summed E-state index contributed by atoms with van der Waals surface area (Å²) >= 11 is 0. The van der Waals surface area contributed by atoms with Crippen LogP contribution in [-0.2, 0) is 14.8 Å². The van der Waals surface area contributed by atoms with Crippen molar-refractivity contribution in [3.63, 3.8) is 0 Å². The van der Waals surface area contributed by atoms with Crippen LogP contribution in [0.4, 0.5) is 15.8 Å². The molecule has 1 heterocycles. The van der Waals surface area contributed by atoms with E-state index in [1.165, 1.54) is 10.4 Å². The van der Waals surface area contributed by atoms with Crippen LogP contribution >= 0.6 is 0 Å². The Morgan fingerprint density at radius 2 is 1.79 bits per heavy atom. The number of amides is 1. The lowest BCUT2D eigenvalue weighted by atomic mass is 9.97. The predicted molar refractivity (Wildman–Crippen MR) is 104 cm³/mol. The maximum atomic E-state index is 13.4. The van der Waals surface area contributed by atoms with Gasteiger partial charge in [-0.2, -0.15) is 8.70 Å². The first-order chi connectivity index (χ1) is 13.7. The number of halogens is 1. The van der Waals surface area contributed by atoms with Gasteiger partial charge in [-0.15, -0.1) is 0 Å². The van der Waals surface area contributed by atoms with E-state index in [1.54, 1.807) is 24.3 Å². The van der Waals surface area contributed by atoms with Crippen molar-refractivity contribution in [2.24, 2.45) is 5.92 Å². The number of piperidine rings is 1. The standard InChI is InChI=1S/C19H20FN3O5S/c1-13-2-5-16(6-3-13)29(27,28)22-10-8-14(9-11-22)19(24)21-15-4-7-17(20)18(12-15)23(25)26/h2-7,12,14H,8-11H2,1H3,(H,21,24). The van der Waals surface area contributed by atoms with E-state index in [2.05, 4.69) is 5.32 Å². The lowest BCUT2D eigenvalue weighted by Crippen LogP contribution is -2.41. The van der Waals surface area contributed by atoms with Crippen molar-refractivity contribution >= 4 is 27.3 Å². The average molecular weight is 421 g/mol. The number of hydrogen-bond donors (Lipinski definition) is 1. The Morgan fingerprint density at radius 1 is 1.17 bits per heavy atom. The van der Waals surface area contributed by atoms with Gasteiger partial charge in [0, 0.05) is 30.8 Å². The minimum absolute atomic E-state index is 0.123. The third kappa shape index (κ3) is 4.60. The monoisotopic (exact) mass is 421 g/mol. The lowest BCUT2D eigenvalue weighted by molar-refractivity contribution is -0.387. The normalized spacial score (nSPS) is 15.8. The number of aryl methyl sites for hydroxylation is 1. The number of hydrogen-bond acceptors (Lipinski definition) is 5. The maximum absolute atomic E-state index is 13.4. The molecule has 0 saturated carbocycles. The maximum Gasteiger partial charge on any atom is 0.306 e. The second-order valence-corrected chi connectivity index (χ2v) is 8.84. The summed E-state index contributed by atoms with van der Waals surface area (Å²) < 4.78 is 40.2. The number of nitrogens with one attached hydrogen (secondary N) is 1. The summed E-state index contributed by atoms with van der Waals surface area (Å²) in [7, 11) is -3.62. The molecule has 0 spiro atoms. The summed E-state index contributed by atoms with van der Waals surface area (Å²) in [5.74, 6) is -1.80. The Morgan fingerprint density at radius 3 is 2.38 bits per heavy atom. The third-order valence-corrected chi connectivity index (χ3v) is 6.81. The van der Waals surface area contributed by atoms with Gasteiger partial charge in [0.25, 0.3) is 0 Å². The van der Waals surface area contributed by atoms with E-state index in [0.29, 0.717) is 12.8 Å². The molecule has 1 amide bonds. The molecule has 0 aromatic heterocycles. The molecule has 2 aromatic rings. The zero-order valence-electron chi connectivity index (χ0n) is 15.7. The topological polar surface area (TPSA) is 110 Å². The van der Waals surface area contributed by atoms with Gasteiger partial charge in [0.05, 0.1) is 9.82 Å². The van der Waals surface area contributed by atoms with Crippen molar-refractivity contribution in [2.45, 2.75) is 24.7 Å². The molecule has 1 saturated heterocycles. The summed E-state index contributed by atoms with van der Waals surface area (Å²) in [6, 6.07) is 9.71. The second kappa shape index (κ2) is 8.26. The minimum atomic E-state index is -3.62. The van der Waals surface area contributed by atoms with Gasteiger partial charge in [-0.3, -0.25) is 14.9 Å². The van der Waals surface area contributed by atoms with E-state index in [4.69, 9.17) is 0 Å². The van der Waals surface area contributed by atoms with E-state index in [-0.39, 0.29) is 29.6 Å². The molecule has 0 unspecified atom stereocenters. The number of sulfonamides is 1. The number of rotatable bonds is 5. The van der Waals surface area contributed by atoms with Gasteiger partial charge < -0.3 is 5.32 Å². The van der Waals surface area contributed by atoms with Crippen molar-refractivity contribution in [3.05, 3.63) is 64.0 Å². The van der Waals surface area contributed by atoms with Crippen LogP contribution in [0.25, 0.3) is 0 Å². The summed E-state index contributed by atoms with van der Waals surface area (Å²) in [5.41, 5.74) is 0.361. The molecule has 1 aliphatic heterocycles. The van der Waals surface area contributed by atoms with Gasteiger partial charge in [-0.05, 0) is 44.0 Å². The molecular weight excluding hydrogens is 401 g/mol. The number of anilines is 1. The SMILES string of the molecule is Cc1ccc(S(=O)(=O)N2CCC(C(=O)Nc3ccc(F)c([N+](=O)[O-])c3)CC2)cc1. The molecule has 0 radical (unpaired) electrons. The first-order valence-electron chi connectivity index (χ1n) is 9.00. The molecule has 3 rings (SSSR count). The first-order valence-corrected chi connectivity index (χ1v) is 10.4. The summed E-state index contributed by atoms with van der Waals surface area (Å²) in [5, 5.41) is 13.4. The van der Waals surface area contributed by atoms with Crippen molar-refractivity contribution in [3.8, 4) is 0 Å². The molecule has 8 nitrogen and oxygen atoms in total. The zero-order valence-corrected chi connectivity index (χ0v) is 16.5. The second-order valence-electron chi connectivity index (χ2n) is 6.90. The number of carbonyl (C=O) groups is 1. The molecule has 29 heavy (non-hydrogen) atoms. The average Bonchev–Trinajstić information content (AvgIpc) is 2.69. The summed E-state index contributed by atoms with van der Waals surface area (Å²) in [6.45, 7) is 2.26. The molecule has 0 bridgehead atoms. The van der Waals surface area contributed by atoms with Crippen LogP contribution in [0.1, 0.15) is 18.4 Å². The molecule has 0 atom stereocenters. The van der Waals surface area contributed by atoms with Crippen molar-refractivity contribution < 1.29 is 22.5 Å². The molecule has 1 N–H and O–H groups in total. The number of carbonyl (C=O) groups excluding carboxylic acids is 1. The van der Waals surface area contributed by atoms with Crippen molar-refractivity contribution in [1.29, 1.82) is 0 Å². The summed E-state index contributed by atoms with van der Waals surface area (Å²) in [4.78, 5) is 22.6. The Labute approximate surface area is 167 Å². The molecule has 2 aromatic carbocycles. The third-order valence-electron chi connectivity index (χ3n) is 4.89. The Hall–Kier alpha value is -2.85. The zero-order chi connectivity index (χ0) is 21.2. The van der Waals surface area contributed by atoms with Crippen molar-refractivity contribution in [1.82, 2.24) is 4.31 Å². The lowest BCUT2D eigenvalue weighted by Gasteiger charge is -2.30. The Bertz CT molecular complexity index is 1030. The fourth-order valence-electron chi connectivity index (χ4n) is 3.19. The van der Waals surface area contributed by atoms with Crippen LogP contribution < -0.4 is 5.32 Å². The predicted octanol–water partition coefficient (Wildman–Crippen LogP) is 3.08. The number of nitro benzene ring substituents is 1. The molecule has 1 aliphatic rings. The van der Waals surface area contributed by atoms with Crippen LogP contribution in [0.2, 0.25) is 0 Å². The van der Waals surface area contributed by atoms with Gasteiger partial charge in [-0.25, -0.2) is 8.42 Å². The number of benzene rings is 2. The molecule has 10 heteroatoms. The van der Waals surface area contributed by atoms with Gasteiger partial charge >= 0.3 is 5.69 Å². The quantitative estimate of drug-likeness (QED) is 0.589. The molecule has 1 fully saturated rings. The minimum Gasteiger partial charge on any atom is -0.326 e. The van der Waals surface area contributed by atoms with E-state index in [9.17, 15) is 27.7 Å². The molecule has 154 valence electrons. The van der Waals surface area contributed by atoms with Crippen LogP contribution in [0.3, 0.4) is 0 Å². The van der Waals surface area contributed by atoms with E-state index < -0.39 is 32.4 Å². The fraction of sp³-hybridized carbons (Fsp3) is 0.316. The van der Waals surface area contributed by atoms with E-state index in [0.717, 1.165) is 17.7 Å². The van der Waals surface area contributed by atoms with Crippen LogP contribution in [0, 0.1) is 28.8 Å². The van der Waals surface area contributed by atoms with E-state index >= 15 is 0 Å². The van der Waals surface area contributed by atoms with Gasteiger partial charge in [0.2, 0.25) is 21.7 Å². The van der Waals surface area contributed by atoms with Gasteiger partial charge in [0.1, 0.15) is 0 Å². The van der Waals surface area contributed by atoms with Gasteiger partial charge in [-0.1, -0.05) is 17.7 Å². The summed E-state index contributed by atoms with van der Waals surface area (Å²) in [6.07, 6.45) is 0.639. The van der Waals surface area contributed by atoms with E-state index in [1.807, 2.05) is 6.92 Å².